The lowest BCUT2D eigenvalue weighted by atomic mass is 10.2. The number of para-hydroxylation sites is 1. The van der Waals surface area contributed by atoms with Crippen molar-refractivity contribution in [1.82, 2.24) is 15.5 Å². The minimum Gasteiger partial charge on any atom is -0.351 e. The average molecular weight is 388 g/mol. The molecule has 5 nitrogen and oxygen atoms in total. The van der Waals surface area contributed by atoms with Crippen molar-refractivity contribution in [2.75, 3.05) is 11.1 Å². The highest BCUT2D eigenvalue weighted by atomic mass is 32.2. The molecule has 0 fully saturated rings. The largest absolute Gasteiger partial charge is 0.351 e. The molecule has 26 heavy (non-hydrogen) atoms. The van der Waals surface area contributed by atoms with Gasteiger partial charge in [-0.3, -0.25) is 4.79 Å². The number of hydrogen-bond donors (Lipinski definition) is 2. The van der Waals surface area contributed by atoms with E-state index in [0.717, 1.165) is 11.3 Å². The molecule has 1 heterocycles. The van der Waals surface area contributed by atoms with Gasteiger partial charge in [-0.15, -0.1) is 10.2 Å². The Bertz CT molecular complexity index is 900. The summed E-state index contributed by atoms with van der Waals surface area (Å²) in [7, 11) is 0. The molecule has 3 aromatic rings. The standard InChI is InChI=1S/C18H17FN4OS2/c1-12-6-2-5-9-15(12)21-17-22-23-18(26-17)25-11-16(24)20-10-13-7-3-4-8-14(13)19/h2-9H,10-11H2,1H3,(H,20,24)(H,21,22). The van der Waals surface area contributed by atoms with Crippen LogP contribution in [-0.2, 0) is 11.3 Å². The molecule has 0 saturated heterocycles. The van der Waals surface area contributed by atoms with E-state index in [1.807, 2.05) is 31.2 Å². The Hall–Kier alpha value is -2.45. The number of rotatable bonds is 7. The van der Waals surface area contributed by atoms with Crippen LogP contribution in [0.3, 0.4) is 0 Å². The van der Waals surface area contributed by atoms with Gasteiger partial charge in [-0.05, 0) is 24.6 Å². The lowest BCUT2D eigenvalue weighted by Gasteiger charge is -2.05. The zero-order valence-electron chi connectivity index (χ0n) is 14.0. The Kier molecular flexibility index (Phi) is 6.19. The van der Waals surface area contributed by atoms with Crippen molar-refractivity contribution in [1.29, 1.82) is 0 Å². The number of aryl methyl sites for hydroxylation is 1. The van der Waals surface area contributed by atoms with Crippen LogP contribution in [0, 0.1) is 12.7 Å². The van der Waals surface area contributed by atoms with Gasteiger partial charge < -0.3 is 10.6 Å². The molecule has 2 aromatic carbocycles. The number of thioether (sulfide) groups is 1. The van der Waals surface area contributed by atoms with Gasteiger partial charge in [0.25, 0.3) is 0 Å². The highest BCUT2D eigenvalue weighted by Gasteiger charge is 2.10. The Balaban J connectivity index is 1.48. The molecule has 0 bridgehead atoms. The fourth-order valence-corrected chi connectivity index (χ4v) is 3.76. The third-order valence-electron chi connectivity index (χ3n) is 3.55. The molecule has 0 spiro atoms. The van der Waals surface area contributed by atoms with Crippen LogP contribution in [0.4, 0.5) is 15.2 Å². The van der Waals surface area contributed by atoms with Gasteiger partial charge in [-0.1, -0.05) is 59.5 Å². The number of halogens is 1. The summed E-state index contributed by atoms with van der Waals surface area (Å²) in [6.45, 7) is 2.18. The second-order valence-electron chi connectivity index (χ2n) is 5.47. The zero-order chi connectivity index (χ0) is 18.4. The fourth-order valence-electron chi connectivity index (χ4n) is 2.16. The summed E-state index contributed by atoms with van der Waals surface area (Å²) < 4.78 is 14.2. The number of nitrogens with zero attached hydrogens (tertiary/aromatic N) is 2. The second-order valence-corrected chi connectivity index (χ2v) is 7.67. The van der Waals surface area contributed by atoms with Crippen molar-refractivity contribution in [3.63, 3.8) is 0 Å². The summed E-state index contributed by atoms with van der Waals surface area (Å²) >= 11 is 2.69. The molecule has 1 amide bonds. The maximum Gasteiger partial charge on any atom is 0.230 e. The van der Waals surface area contributed by atoms with Crippen LogP contribution in [0.25, 0.3) is 0 Å². The number of carbonyl (C=O) groups excluding carboxylic acids is 1. The first-order valence-electron chi connectivity index (χ1n) is 7.91. The van der Waals surface area contributed by atoms with Gasteiger partial charge in [0.05, 0.1) is 5.75 Å². The average Bonchev–Trinajstić information content (AvgIpc) is 3.09. The number of anilines is 2. The molecule has 3 rings (SSSR count). The van der Waals surface area contributed by atoms with Crippen molar-refractivity contribution in [3.05, 3.63) is 65.5 Å². The molecule has 2 N–H and O–H groups in total. The Morgan fingerprint density at radius 3 is 2.73 bits per heavy atom. The normalized spacial score (nSPS) is 10.5. The van der Waals surface area contributed by atoms with E-state index in [0.29, 0.717) is 15.0 Å². The van der Waals surface area contributed by atoms with Gasteiger partial charge in [0.2, 0.25) is 11.0 Å². The van der Waals surface area contributed by atoms with E-state index in [1.54, 1.807) is 18.2 Å². The molecule has 0 aliphatic heterocycles. The van der Waals surface area contributed by atoms with E-state index in [1.165, 1.54) is 29.2 Å². The Labute approximate surface area is 159 Å². The predicted octanol–water partition coefficient (Wildman–Crippen LogP) is 4.14. The van der Waals surface area contributed by atoms with Crippen molar-refractivity contribution in [3.8, 4) is 0 Å². The molecule has 0 atom stereocenters. The van der Waals surface area contributed by atoms with Gasteiger partial charge in [0.1, 0.15) is 5.82 Å². The number of aromatic nitrogens is 2. The first-order valence-corrected chi connectivity index (χ1v) is 9.71. The van der Waals surface area contributed by atoms with E-state index in [4.69, 9.17) is 0 Å². The smallest absolute Gasteiger partial charge is 0.230 e. The maximum atomic E-state index is 13.5. The molecule has 8 heteroatoms. The first kappa shape index (κ1) is 18.3. The maximum absolute atomic E-state index is 13.5. The Morgan fingerprint density at radius 1 is 1.15 bits per heavy atom. The van der Waals surface area contributed by atoms with E-state index in [-0.39, 0.29) is 24.0 Å². The highest BCUT2D eigenvalue weighted by molar-refractivity contribution is 8.01. The minimum absolute atomic E-state index is 0.169. The topological polar surface area (TPSA) is 66.9 Å². The number of amides is 1. The molecule has 0 unspecified atom stereocenters. The van der Waals surface area contributed by atoms with Gasteiger partial charge in [-0.2, -0.15) is 0 Å². The summed E-state index contributed by atoms with van der Waals surface area (Å²) in [6, 6.07) is 14.3. The Morgan fingerprint density at radius 2 is 1.92 bits per heavy atom. The van der Waals surface area contributed by atoms with Gasteiger partial charge in [0, 0.05) is 17.8 Å². The van der Waals surface area contributed by atoms with Crippen molar-refractivity contribution >= 4 is 39.8 Å². The molecule has 0 aliphatic carbocycles. The summed E-state index contributed by atoms with van der Waals surface area (Å²) in [5, 5.41) is 14.8. The molecule has 0 radical (unpaired) electrons. The van der Waals surface area contributed by atoms with Crippen molar-refractivity contribution < 1.29 is 9.18 Å². The molecule has 0 saturated carbocycles. The summed E-state index contributed by atoms with van der Waals surface area (Å²) in [4.78, 5) is 11.9. The fraction of sp³-hybridized carbons (Fsp3) is 0.167. The molecule has 1 aromatic heterocycles. The van der Waals surface area contributed by atoms with Crippen LogP contribution in [0.15, 0.2) is 52.9 Å². The van der Waals surface area contributed by atoms with Crippen LogP contribution in [0.2, 0.25) is 0 Å². The predicted molar refractivity (Wildman–Crippen MR) is 103 cm³/mol. The van der Waals surface area contributed by atoms with E-state index in [9.17, 15) is 9.18 Å². The minimum atomic E-state index is -0.323. The number of carbonyl (C=O) groups is 1. The number of nitrogens with one attached hydrogen (secondary N) is 2. The lowest BCUT2D eigenvalue weighted by molar-refractivity contribution is -0.118. The van der Waals surface area contributed by atoms with Gasteiger partial charge in [-0.25, -0.2) is 4.39 Å². The SMILES string of the molecule is Cc1ccccc1Nc1nnc(SCC(=O)NCc2ccccc2F)s1. The monoisotopic (exact) mass is 388 g/mol. The summed E-state index contributed by atoms with van der Waals surface area (Å²) in [6.07, 6.45) is 0. The van der Waals surface area contributed by atoms with E-state index < -0.39 is 0 Å². The second kappa shape index (κ2) is 8.77. The van der Waals surface area contributed by atoms with Crippen LogP contribution < -0.4 is 10.6 Å². The quantitative estimate of drug-likeness (QED) is 0.596. The molecular weight excluding hydrogens is 371 g/mol. The molecule has 0 aliphatic rings. The van der Waals surface area contributed by atoms with E-state index in [2.05, 4.69) is 20.8 Å². The van der Waals surface area contributed by atoms with Crippen molar-refractivity contribution in [2.45, 2.75) is 17.8 Å². The number of hydrogen-bond acceptors (Lipinski definition) is 6. The van der Waals surface area contributed by atoms with Crippen LogP contribution in [0.5, 0.6) is 0 Å². The zero-order valence-corrected chi connectivity index (χ0v) is 15.7. The highest BCUT2D eigenvalue weighted by Crippen LogP contribution is 2.28. The van der Waals surface area contributed by atoms with E-state index >= 15 is 0 Å². The third kappa shape index (κ3) is 5.03. The summed E-state index contributed by atoms with van der Waals surface area (Å²) in [5.41, 5.74) is 2.55. The third-order valence-corrected chi connectivity index (χ3v) is 5.53. The first-order chi connectivity index (χ1) is 12.6. The van der Waals surface area contributed by atoms with Crippen LogP contribution >= 0.6 is 23.1 Å². The van der Waals surface area contributed by atoms with Crippen LogP contribution in [-0.4, -0.2) is 21.9 Å². The van der Waals surface area contributed by atoms with Gasteiger partial charge in [0.15, 0.2) is 4.34 Å². The summed E-state index contributed by atoms with van der Waals surface area (Å²) in [5.74, 6) is -0.300. The molecular formula is C18H17FN4OS2. The van der Waals surface area contributed by atoms with Crippen LogP contribution in [0.1, 0.15) is 11.1 Å². The number of benzene rings is 2. The molecule has 134 valence electrons. The van der Waals surface area contributed by atoms with Gasteiger partial charge >= 0.3 is 0 Å². The lowest BCUT2D eigenvalue weighted by Crippen LogP contribution is -2.24. The van der Waals surface area contributed by atoms with Crippen molar-refractivity contribution in [2.24, 2.45) is 0 Å².